The number of rotatable bonds is 3. The van der Waals surface area contributed by atoms with E-state index in [-0.39, 0.29) is 27.9 Å². The molecule has 0 aliphatic carbocycles. The van der Waals surface area contributed by atoms with Crippen LogP contribution in [-0.2, 0) is 0 Å². The molecule has 0 saturated carbocycles. The third-order valence-electron chi connectivity index (χ3n) is 6.43. The molecule has 2 N–H and O–H groups in total. The predicted octanol–water partition coefficient (Wildman–Crippen LogP) is 5.44. The van der Waals surface area contributed by atoms with E-state index in [9.17, 15) is 13.6 Å². The zero-order valence-electron chi connectivity index (χ0n) is 19.4. The Balaban J connectivity index is 1.87. The lowest BCUT2D eigenvalue weighted by Crippen LogP contribution is -2.24. The summed E-state index contributed by atoms with van der Waals surface area (Å²) in [5.41, 5.74) is 7.22. The van der Waals surface area contributed by atoms with Crippen LogP contribution in [-0.4, -0.2) is 9.55 Å². The number of nitrogens with two attached hydrogens (primary N) is 1. The zero-order valence-corrected chi connectivity index (χ0v) is 20.6. The van der Waals surface area contributed by atoms with Crippen LogP contribution in [0.2, 0.25) is 0 Å². The third kappa shape index (κ3) is 3.92. The second kappa shape index (κ2) is 8.93. The molecule has 3 aromatic carbocycles. The van der Waals surface area contributed by atoms with E-state index in [1.807, 2.05) is 0 Å². The first-order chi connectivity index (χ1) is 16.5. The van der Waals surface area contributed by atoms with E-state index in [1.165, 1.54) is 36.5 Å². The summed E-state index contributed by atoms with van der Waals surface area (Å²) in [5.74, 6) is -4.30. The minimum atomic E-state index is -1.21. The van der Waals surface area contributed by atoms with Gasteiger partial charge < -0.3 is 5.73 Å². The standard InChI is InChI=1S/C26H22F4N3OP/c1-11-13(3)24(33-10-9-17(31)32-26(33)34)22(29)20(27)18(11)15-5-7-16(8-6-15)19-12(2)14(4)25(35)23(30)21(19)28/h5-10H,35H2,1-4H3,(H2,31,32,34). The minimum Gasteiger partial charge on any atom is -0.383 e. The van der Waals surface area contributed by atoms with E-state index in [0.29, 0.717) is 33.4 Å². The maximum atomic E-state index is 15.3. The molecule has 180 valence electrons. The summed E-state index contributed by atoms with van der Waals surface area (Å²) >= 11 is 0. The molecule has 4 nitrogen and oxygen atoms in total. The molecule has 1 unspecified atom stereocenters. The number of aromatic nitrogens is 2. The van der Waals surface area contributed by atoms with Crippen LogP contribution >= 0.6 is 9.24 Å². The smallest absolute Gasteiger partial charge is 0.354 e. The van der Waals surface area contributed by atoms with E-state index in [4.69, 9.17) is 5.73 Å². The number of nitrogens with zero attached hydrogens (tertiary/aromatic N) is 2. The zero-order chi connectivity index (χ0) is 25.8. The van der Waals surface area contributed by atoms with Crippen LogP contribution in [0.1, 0.15) is 22.3 Å². The quantitative estimate of drug-likeness (QED) is 0.302. The summed E-state index contributed by atoms with van der Waals surface area (Å²) in [5, 5.41) is 0.166. The van der Waals surface area contributed by atoms with Crippen molar-refractivity contribution < 1.29 is 17.6 Å². The monoisotopic (exact) mass is 499 g/mol. The largest absolute Gasteiger partial charge is 0.383 e. The van der Waals surface area contributed by atoms with Crippen LogP contribution in [0, 0.1) is 51.0 Å². The predicted molar refractivity (Wildman–Crippen MR) is 133 cm³/mol. The first kappa shape index (κ1) is 24.6. The number of hydrogen-bond donors (Lipinski definition) is 1. The van der Waals surface area contributed by atoms with Crippen LogP contribution < -0.4 is 16.7 Å². The van der Waals surface area contributed by atoms with Gasteiger partial charge in [-0.2, -0.15) is 4.98 Å². The van der Waals surface area contributed by atoms with Crippen molar-refractivity contribution in [2.24, 2.45) is 0 Å². The Bertz CT molecular complexity index is 1510. The van der Waals surface area contributed by atoms with Gasteiger partial charge in [0.1, 0.15) is 5.82 Å². The van der Waals surface area contributed by atoms with Gasteiger partial charge in [0.05, 0.1) is 5.69 Å². The van der Waals surface area contributed by atoms with Gasteiger partial charge in [-0.15, -0.1) is 9.24 Å². The lowest BCUT2D eigenvalue weighted by Gasteiger charge is -2.18. The van der Waals surface area contributed by atoms with Crippen molar-refractivity contribution in [2.75, 3.05) is 5.73 Å². The summed E-state index contributed by atoms with van der Waals surface area (Å²) in [7, 11) is 2.21. The molecule has 1 heterocycles. The number of halogens is 4. The van der Waals surface area contributed by atoms with Crippen LogP contribution in [0.5, 0.6) is 0 Å². The molecule has 0 aliphatic rings. The van der Waals surface area contributed by atoms with Crippen LogP contribution in [0.15, 0.2) is 41.3 Å². The summed E-state index contributed by atoms with van der Waals surface area (Å²) in [6.45, 7) is 6.58. The topological polar surface area (TPSA) is 60.9 Å². The summed E-state index contributed by atoms with van der Waals surface area (Å²) in [6.07, 6.45) is 1.24. The molecule has 0 saturated heterocycles. The van der Waals surface area contributed by atoms with Gasteiger partial charge in [-0.05, 0) is 67.1 Å². The summed E-state index contributed by atoms with van der Waals surface area (Å²) in [6, 6.07) is 7.44. The Kier molecular flexibility index (Phi) is 6.28. The Hall–Kier alpha value is -3.51. The van der Waals surface area contributed by atoms with E-state index >= 15 is 8.78 Å². The van der Waals surface area contributed by atoms with Crippen molar-refractivity contribution in [1.29, 1.82) is 0 Å². The number of benzene rings is 3. The van der Waals surface area contributed by atoms with Gasteiger partial charge in [0.2, 0.25) is 0 Å². The molecule has 35 heavy (non-hydrogen) atoms. The maximum absolute atomic E-state index is 15.3. The maximum Gasteiger partial charge on any atom is 0.354 e. The first-order valence-corrected chi connectivity index (χ1v) is 11.2. The number of hydrogen-bond acceptors (Lipinski definition) is 3. The second-order valence-corrected chi connectivity index (χ2v) is 8.93. The van der Waals surface area contributed by atoms with Crippen molar-refractivity contribution in [1.82, 2.24) is 9.55 Å². The molecule has 0 spiro atoms. The van der Waals surface area contributed by atoms with Crippen LogP contribution in [0.4, 0.5) is 23.4 Å². The van der Waals surface area contributed by atoms with E-state index < -0.39 is 29.0 Å². The fourth-order valence-electron chi connectivity index (χ4n) is 4.22. The highest BCUT2D eigenvalue weighted by molar-refractivity contribution is 7.27. The molecule has 4 rings (SSSR count). The first-order valence-electron chi connectivity index (χ1n) is 10.6. The molecule has 1 atom stereocenters. The fraction of sp³-hybridized carbons (Fsp3) is 0.154. The van der Waals surface area contributed by atoms with Gasteiger partial charge in [-0.3, -0.25) is 4.57 Å². The van der Waals surface area contributed by atoms with E-state index in [1.54, 1.807) is 27.7 Å². The lowest BCUT2D eigenvalue weighted by molar-refractivity contribution is 0.503. The second-order valence-electron chi connectivity index (χ2n) is 8.35. The number of nitrogen functional groups attached to an aromatic ring is 1. The van der Waals surface area contributed by atoms with E-state index in [0.717, 1.165) is 4.57 Å². The molecule has 0 bridgehead atoms. The van der Waals surface area contributed by atoms with Crippen molar-refractivity contribution >= 4 is 20.4 Å². The van der Waals surface area contributed by atoms with Gasteiger partial charge in [0.25, 0.3) is 0 Å². The van der Waals surface area contributed by atoms with Gasteiger partial charge in [0.15, 0.2) is 23.3 Å². The molecule has 0 radical (unpaired) electrons. The normalized spacial score (nSPS) is 11.2. The highest BCUT2D eigenvalue weighted by Gasteiger charge is 2.24. The highest BCUT2D eigenvalue weighted by Crippen LogP contribution is 2.37. The molecule has 9 heteroatoms. The summed E-state index contributed by atoms with van der Waals surface area (Å²) < 4.78 is 60.6. The SMILES string of the molecule is Cc1c(C)c(-c2ccc(-c3c(C)c(C)c(-n4ccc(N)nc4=O)c(F)c3F)cc2)c(F)c(F)c1P. The lowest BCUT2D eigenvalue weighted by atomic mass is 9.91. The molecule has 0 amide bonds. The van der Waals surface area contributed by atoms with E-state index in [2.05, 4.69) is 14.2 Å². The van der Waals surface area contributed by atoms with Crippen molar-refractivity contribution in [3.63, 3.8) is 0 Å². The Morgan fingerprint density at radius 1 is 0.743 bits per heavy atom. The van der Waals surface area contributed by atoms with Gasteiger partial charge in [-0.1, -0.05) is 24.3 Å². The Morgan fingerprint density at radius 2 is 1.23 bits per heavy atom. The summed E-state index contributed by atoms with van der Waals surface area (Å²) in [4.78, 5) is 15.8. The number of anilines is 1. The average molecular weight is 499 g/mol. The Morgan fingerprint density at radius 3 is 1.74 bits per heavy atom. The Labute approximate surface area is 201 Å². The van der Waals surface area contributed by atoms with Crippen LogP contribution in [0.3, 0.4) is 0 Å². The van der Waals surface area contributed by atoms with Gasteiger partial charge in [0, 0.05) is 22.6 Å². The third-order valence-corrected chi connectivity index (χ3v) is 7.12. The molecule has 0 fully saturated rings. The van der Waals surface area contributed by atoms with Crippen molar-refractivity contribution in [2.45, 2.75) is 27.7 Å². The molecular formula is C26H22F4N3OP. The molecule has 1 aromatic heterocycles. The van der Waals surface area contributed by atoms with Crippen molar-refractivity contribution in [3.8, 4) is 27.9 Å². The fourth-order valence-corrected chi connectivity index (χ4v) is 4.56. The molecular weight excluding hydrogens is 477 g/mol. The van der Waals surface area contributed by atoms with Crippen LogP contribution in [0.25, 0.3) is 27.9 Å². The average Bonchev–Trinajstić information content (AvgIpc) is 2.83. The van der Waals surface area contributed by atoms with Gasteiger partial charge >= 0.3 is 5.69 Å². The van der Waals surface area contributed by atoms with Gasteiger partial charge in [-0.25, -0.2) is 22.4 Å². The highest BCUT2D eigenvalue weighted by atomic mass is 31.0. The minimum absolute atomic E-state index is 0.00612. The molecule has 0 aliphatic heterocycles. The van der Waals surface area contributed by atoms with Crippen molar-refractivity contribution in [3.05, 3.63) is 92.5 Å². The molecule has 4 aromatic rings.